The Bertz CT molecular complexity index is 528. The molecular weight excluding hydrogens is 220 g/mol. The molecule has 0 N–H and O–H groups in total. The second kappa shape index (κ2) is 5.09. The molecule has 2 rings (SSSR count). The van der Waals surface area contributed by atoms with E-state index >= 15 is 0 Å². The van der Waals surface area contributed by atoms with Gasteiger partial charge in [0.1, 0.15) is 0 Å². The molecular formula is C12H14N2OS. The number of benzene rings is 1. The molecule has 0 aliphatic carbocycles. The zero-order valence-corrected chi connectivity index (χ0v) is 10.2. The van der Waals surface area contributed by atoms with Crippen LogP contribution in [0.1, 0.15) is 5.56 Å². The van der Waals surface area contributed by atoms with Gasteiger partial charge >= 0.3 is 0 Å². The van der Waals surface area contributed by atoms with Crippen LogP contribution >= 0.6 is 11.3 Å². The van der Waals surface area contributed by atoms with Gasteiger partial charge in [-0.3, -0.25) is 0 Å². The lowest BCUT2D eigenvalue weighted by Gasteiger charge is -2.00. The molecule has 16 heavy (non-hydrogen) atoms. The highest BCUT2D eigenvalue weighted by molar-refractivity contribution is 7.07. The molecule has 0 aliphatic rings. The highest BCUT2D eigenvalue weighted by atomic mass is 32.1. The molecule has 4 heteroatoms. The minimum Gasteiger partial charge on any atom is -0.380 e. The third kappa shape index (κ3) is 2.59. The fourth-order valence-corrected chi connectivity index (χ4v) is 2.18. The normalized spacial score (nSPS) is 12.0. The van der Waals surface area contributed by atoms with E-state index in [9.17, 15) is 0 Å². The van der Waals surface area contributed by atoms with Crippen molar-refractivity contribution in [2.24, 2.45) is 12.0 Å². The summed E-state index contributed by atoms with van der Waals surface area (Å²) in [5.41, 5.74) is 2.11. The van der Waals surface area contributed by atoms with Gasteiger partial charge in [-0.05, 0) is 17.7 Å². The predicted octanol–water partition coefficient (Wildman–Crippen LogP) is 2.47. The lowest BCUT2D eigenvalue weighted by Crippen LogP contribution is -2.07. The monoisotopic (exact) mass is 234 g/mol. The van der Waals surface area contributed by atoms with E-state index in [-0.39, 0.29) is 0 Å². The molecule has 0 amide bonds. The van der Waals surface area contributed by atoms with Crippen LogP contribution in [0.3, 0.4) is 0 Å². The molecule has 0 radical (unpaired) electrons. The largest absolute Gasteiger partial charge is 0.380 e. The van der Waals surface area contributed by atoms with Crippen LogP contribution in [-0.2, 0) is 18.4 Å². The van der Waals surface area contributed by atoms with Crippen molar-refractivity contribution in [2.45, 2.75) is 6.61 Å². The van der Waals surface area contributed by atoms with Crippen LogP contribution in [0.2, 0.25) is 0 Å². The van der Waals surface area contributed by atoms with Crippen LogP contribution in [0, 0.1) is 0 Å². The van der Waals surface area contributed by atoms with Gasteiger partial charge in [-0.2, -0.15) is 0 Å². The summed E-state index contributed by atoms with van der Waals surface area (Å²) < 4.78 is 7.11. The molecule has 3 nitrogen and oxygen atoms in total. The third-order valence-corrected chi connectivity index (χ3v) is 3.05. The molecule has 0 unspecified atom stereocenters. The molecule has 0 bridgehead atoms. The molecule has 0 aliphatic heterocycles. The first kappa shape index (κ1) is 11.1. The van der Waals surface area contributed by atoms with Crippen molar-refractivity contribution in [3.8, 4) is 0 Å². The number of rotatable bonds is 3. The maximum Gasteiger partial charge on any atom is 0.189 e. The van der Waals surface area contributed by atoms with Crippen molar-refractivity contribution < 1.29 is 4.74 Å². The van der Waals surface area contributed by atoms with E-state index in [0.29, 0.717) is 6.61 Å². The van der Waals surface area contributed by atoms with Gasteiger partial charge < -0.3 is 9.30 Å². The van der Waals surface area contributed by atoms with Crippen LogP contribution in [-0.4, -0.2) is 11.7 Å². The summed E-state index contributed by atoms with van der Waals surface area (Å²) in [6, 6.07) is 8.08. The van der Waals surface area contributed by atoms with Gasteiger partial charge in [0.15, 0.2) is 4.80 Å². The number of aromatic nitrogens is 1. The Morgan fingerprint density at radius 2 is 2.31 bits per heavy atom. The van der Waals surface area contributed by atoms with Gasteiger partial charge in [-0.25, -0.2) is 4.99 Å². The Morgan fingerprint density at radius 3 is 3.00 bits per heavy atom. The SMILES string of the molecule is COCc1cccc(N=c2sccn2C)c1. The quantitative estimate of drug-likeness (QED) is 0.801. The highest BCUT2D eigenvalue weighted by Crippen LogP contribution is 2.14. The number of methoxy groups -OCH3 is 1. The topological polar surface area (TPSA) is 26.5 Å². The molecule has 1 heterocycles. The van der Waals surface area contributed by atoms with Crippen LogP contribution in [0.25, 0.3) is 0 Å². The summed E-state index contributed by atoms with van der Waals surface area (Å²) in [5.74, 6) is 0. The van der Waals surface area contributed by atoms with Crippen molar-refractivity contribution in [1.29, 1.82) is 0 Å². The zero-order chi connectivity index (χ0) is 11.4. The number of hydrogen-bond acceptors (Lipinski definition) is 3. The van der Waals surface area contributed by atoms with Crippen molar-refractivity contribution in [3.63, 3.8) is 0 Å². The lowest BCUT2D eigenvalue weighted by molar-refractivity contribution is 0.185. The summed E-state index contributed by atoms with van der Waals surface area (Å²) in [6.07, 6.45) is 2.00. The smallest absolute Gasteiger partial charge is 0.189 e. The molecule has 0 fully saturated rings. The van der Waals surface area contributed by atoms with Crippen molar-refractivity contribution in [3.05, 3.63) is 46.2 Å². The van der Waals surface area contributed by atoms with Gasteiger partial charge in [0.05, 0.1) is 12.3 Å². The van der Waals surface area contributed by atoms with Gasteiger partial charge in [-0.1, -0.05) is 12.1 Å². The Balaban J connectivity index is 2.35. The molecule has 0 saturated heterocycles. The van der Waals surface area contributed by atoms with E-state index in [1.807, 2.05) is 47.5 Å². The van der Waals surface area contributed by atoms with Gasteiger partial charge in [0, 0.05) is 25.7 Å². The minimum absolute atomic E-state index is 0.625. The predicted molar refractivity (Wildman–Crippen MR) is 65.7 cm³/mol. The van der Waals surface area contributed by atoms with E-state index in [0.717, 1.165) is 16.1 Å². The van der Waals surface area contributed by atoms with Crippen molar-refractivity contribution >= 4 is 17.0 Å². The Kier molecular flexibility index (Phi) is 3.54. The maximum absolute atomic E-state index is 5.10. The first-order valence-corrected chi connectivity index (χ1v) is 5.90. The van der Waals surface area contributed by atoms with E-state index in [4.69, 9.17) is 4.74 Å². The van der Waals surface area contributed by atoms with Gasteiger partial charge in [0.2, 0.25) is 0 Å². The molecule has 1 aromatic heterocycles. The third-order valence-electron chi connectivity index (χ3n) is 2.21. The molecule has 0 spiro atoms. The summed E-state index contributed by atoms with van der Waals surface area (Å²) >= 11 is 1.63. The molecule has 2 aromatic rings. The molecule has 0 saturated carbocycles. The number of ether oxygens (including phenoxy) is 1. The van der Waals surface area contributed by atoms with Crippen LogP contribution in [0.15, 0.2) is 40.8 Å². The maximum atomic E-state index is 5.10. The van der Waals surface area contributed by atoms with Gasteiger partial charge in [0.25, 0.3) is 0 Å². The Hall–Kier alpha value is -1.39. The summed E-state index contributed by atoms with van der Waals surface area (Å²) in [7, 11) is 3.69. The summed E-state index contributed by atoms with van der Waals surface area (Å²) in [6.45, 7) is 0.625. The average molecular weight is 234 g/mol. The second-order valence-corrected chi connectivity index (χ2v) is 4.38. The van der Waals surface area contributed by atoms with Crippen LogP contribution in [0.4, 0.5) is 5.69 Å². The minimum atomic E-state index is 0.625. The van der Waals surface area contributed by atoms with E-state index in [1.54, 1.807) is 18.4 Å². The fourth-order valence-electron chi connectivity index (χ4n) is 1.43. The number of thiazole rings is 1. The average Bonchev–Trinajstić information content (AvgIpc) is 2.66. The standard InChI is InChI=1S/C12H14N2OS/c1-14-6-7-16-12(14)13-11-5-3-4-10(8-11)9-15-2/h3-8H,9H2,1-2H3. The molecule has 1 aromatic carbocycles. The van der Waals surface area contributed by atoms with E-state index < -0.39 is 0 Å². The first-order chi connectivity index (χ1) is 7.79. The van der Waals surface area contributed by atoms with Gasteiger partial charge in [-0.15, -0.1) is 11.3 Å². The van der Waals surface area contributed by atoms with E-state index in [2.05, 4.69) is 4.99 Å². The number of aryl methyl sites for hydroxylation is 1. The first-order valence-electron chi connectivity index (χ1n) is 5.02. The molecule has 84 valence electrons. The highest BCUT2D eigenvalue weighted by Gasteiger charge is 1.95. The second-order valence-electron chi connectivity index (χ2n) is 3.51. The fraction of sp³-hybridized carbons (Fsp3) is 0.250. The summed E-state index contributed by atoms with van der Waals surface area (Å²) in [4.78, 5) is 5.56. The van der Waals surface area contributed by atoms with Crippen LogP contribution in [0.5, 0.6) is 0 Å². The number of nitrogens with zero attached hydrogens (tertiary/aromatic N) is 2. The zero-order valence-electron chi connectivity index (χ0n) is 9.38. The lowest BCUT2D eigenvalue weighted by atomic mass is 10.2. The Morgan fingerprint density at radius 1 is 1.44 bits per heavy atom. The van der Waals surface area contributed by atoms with Crippen molar-refractivity contribution in [2.75, 3.05) is 7.11 Å². The number of hydrogen-bond donors (Lipinski definition) is 0. The van der Waals surface area contributed by atoms with Crippen molar-refractivity contribution in [1.82, 2.24) is 4.57 Å². The molecule has 0 atom stereocenters. The Labute approximate surface area is 98.7 Å². The van der Waals surface area contributed by atoms with Crippen LogP contribution < -0.4 is 4.80 Å². The summed E-state index contributed by atoms with van der Waals surface area (Å²) in [5, 5.41) is 2.03. The van der Waals surface area contributed by atoms with E-state index in [1.165, 1.54) is 0 Å².